The average Bonchev–Trinajstić information content (AvgIpc) is 2.48. The Kier molecular flexibility index (Phi) is 4.81. The van der Waals surface area contributed by atoms with E-state index < -0.39 is 11.6 Å². The number of benzene rings is 1. The molecule has 0 spiro atoms. The number of pyridine rings is 1. The molecular formula is C15H15F2N3O. The lowest BCUT2D eigenvalue weighted by atomic mass is 10.1. The van der Waals surface area contributed by atoms with E-state index in [0.29, 0.717) is 24.3 Å². The molecule has 0 aliphatic heterocycles. The number of nitrogens with two attached hydrogens (primary N) is 1. The van der Waals surface area contributed by atoms with E-state index in [1.165, 1.54) is 6.07 Å². The minimum atomic E-state index is -0.902. The molecule has 6 heteroatoms. The molecule has 0 aliphatic carbocycles. The molecule has 3 N–H and O–H groups in total. The summed E-state index contributed by atoms with van der Waals surface area (Å²) in [4.78, 5) is 15.6. The number of hydrogen-bond donors (Lipinski definition) is 2. The smallest absolute Gasteiger partial charge is 0.220 e. The molecule has 1 aromatic heterocycles. The van der Waals surface area contributed by atoms with Crippen molar-refractivity contribution in [1.82, 2.24) is 10.3 Å². The van der Waals surface area contributed by atoms with Crippen molar-refractivity contribution in [1.29, 1.82) is 0 Å². The van der Waals surface area contributed by atoms with Crippen molar-refractivity contribution in [2.24, 2.45) is 0 Å². The van der Waals surface area contributed by atoms with Gasteiger partial charge in [-0.2, -0.15) is 0 Å². The summed E-state index contributed by atoms with van der Waals surface area (Å²) in [5, 5.41) is 2.73. The normalized spacial score (nSPS) is 10.4. The number of amides is 1. The van der Waals surface area contributed by atoms with E-state index in [-0.39, 0.29) is 12.3 Å². The van der Waals surface area contributed by atoms with Gasteiger partial charge >= 0.3 is 0 Å². The maximum absolute atomic E-state index is 13.0. The second-order valence-electron chi connectivity index (χ2n) is 4.62. The minimum absolute atomic E-state index is 0.170. The summed E-state index contributed by atoms with van der Waals surface area (Å²) in [5.74, 6) is -1.54. The molecule has 4 nitrogen and oxygen atoms in total. The fraction of sp³-hybridized carbons (Fsp3) is 0.200. The second-order valence-corrected chi connectivity index (χ2v) is 4.62. The number of nitrogens with zero attached hydrogens (tertiary/aromatic N) is 1. The van der Waals surface area contributed by atoms with Crippen molar-refractivity contribution < 1.29 is 13.6 Å². The quantitative estimate of drug-likeness (QED) is 0.887. The van der Waals surface area contributed by atoms with Crippen molar-refractivity contribution in [3.8, 4) is 0 Å². The van der Waals surface area contributed by atoms with Gasteiger partial charge in [-0.1, -0.05) is 12.1 Å². The van der Waals surface area contributed by atoms with E-state index in [1.54, 1.807) is 18.3 Å². The number of carbonyl (C=O) groups is 1. The van der Waals surface area contributed by atoms with E-state index in [1.807, 2.05) is 0 Å². The Morgan fingerprint density at radius 2 is 1.90 bits per heavy atom. The number of nitrogen functional groups attached to an aromatic ring is 1. The SMILES string of the molecule is Nc1ccc(CNC(=O)CCc2ccc(F)c(F)c2)cn1. The largest absolute Gasteiger partial charge is 0.384 e. The summed E-state index contributed by atoms with van der Waals surface area (Å²) in [6, 6.07) is 7.06. The van der Waals surface area contributed by atoms with Crippen LogP contribution in [0.5, 0.6) is 0 Å². The molecule has 2 rings (SSSR count). The van der Waals surface area contributed by atoms with Crippen molar-refractivity contribution in [3.05, 3.63) is 59.3 Å². The number of nitrogens with one attached hydrogen (secondary N) is 1. The molecule has 1 aromatic carbocycles. The molecule has 0 saturated heterocycles. The molecule has 0 bridgehead atoms. The second kappa shape index (κ2) is 6.78. The Balaban J connectivity index is 1.79. The highest BCUT2D eigenvalue weighted by molar-refractivity contribution is 5.76. The molecule has 110 valence electrons. The Hall–Kier alpha value is -2.50. The number of hydrogen-bond acceptors (Lipinski definition) is 3. The lowest BCUT2D eigenvalue weighted by Gasteiger charge is -2.06. The molecule has 2 aromatic rings. The molecule has 0 fully saturated rings. The summed E-state index contributed by atoms with van der Waals surface area (Å²) >= 11 is 0. The molecule has 1 heterocycles. The summed E-state index contributed by atoms with van der Waals surface area (Å²) in [5.41, 5.74) is 6.88. The van der Waals surface area contributed by atoms with Gasteiger partial charge in [0.2, 0.25) is 5.91 Å². The van der Waals surface area contributed by atoms with Gasteiger partial charge in [-0.25, -0.2) is 13.8 Å². The zero-order valence-corrected chi connectivity index (χ0v) is 11.3. The predicted octanol–water partition coefficient (Wildman–Crippen LogP) is 2.19. The third kappa shape index (κ3) is 4.52. The van der Waals surface area contributed by atoms with Gasteiger partial charge in [-0.05, 0) is 35.7 Å². The van der Waals surface area contributed by atoms with E-state index in [9.17, 15) is 13.6 Å². The molecule has 0 saturated carbocycles. The summed E-state index contributed by atoms with van der Waals surface area (Å²) in [6.07, 6.45) is 2.14. The highest BCUT2D eigenvalue weighted by Crippen LogP contribution is 2.10. The van der Waals surface area contributed by atoms with Crippen LogP contribution in [0.2, 0.25) is 0 Å². The van der Waals surface area contributed by atoms with Crippen LogP contribution in [0.15, 0.2) is 36.5 Å². The van der Waals surface area contributed by atoms with Crippen molar-refractivity contribution >= 4 is 11.7 Å². The summed E-state index contributed by atoms with van der Waals surface area (Å²) in [6.45, 7) is 0.351. The molecule has 1 amide bonds. The van der Waals surface area contributed by atoms with Gasteiger partial charge in [-0.15, -0.1) is 0 Å². The lowest BCUT2D eigenvalue weighted by Crippen LogP contribution is -2.23. The number of halogens is 2. The zero-order valence-electron chi connectivity index (χ0n) is 11.3. The number of carbonyl (C=O) groups excluding carboxylic acids is 1. The van der Waals surface area contributed by atoms with Gasteiger partial charge < -0.3 is 11.1 Å². The number of aryl methyl sites for hydroxylation is 1. The number of rotatable bonds is 5. The molecular weight excluding hydrogens is 276 g/mol. The van der Waals surface area contributed by atoms with E-state index in [2.05, 4.69) is 10.3 Å². The van der Waals surface area contributed by atoms with Crippen molar-refractivity contribution in [3.63, 3.8) is 0 Å². The van der Waals surface area contributed by atoms with E-state index in [4.69, 9.17) is 5.73 Å². The Labute approximate surface area is 121 Å². The summed E-state index contributed by atoms with van der Waals surface area (Å²) in [7, 11) is 0. The van der Waals surface area contributed by atoms with E-state index >= 15 is 0 Å². The van der Waals surface area contributed by atoms with Gasteiger partial charge in [0, 0.05) is 19.2 Å². The van der Waals surface area contributed by atoms with Gasteiger partial charge in [0.25, 0.3) is 0 Å². The highest BCUT2D eigenvalue weighted by Gasteiger charge is 2.06. The zero-order chi connectivity index (χ0) is 15.2. The lowest BCUT2D eigenvalue weighted by molar-refractivity contribution is -0.121. The average molecular weight is 291 g/mol. The number of aromatic nitrogens is 1. The standard InChI is InChI=1S/C15H15F2N3O/c16-12-4-1-10(7-13(12)17)3-6-15(21)20-9-11-2-5-14(18)19-8-11/h1-2,4-5,7-8H,3,6,9H2,(H2,18,19)(H,20,21). The fourth-order valence-corrected chi connectivity index (χ4v) is 1.78. The molecule has 0 aliphatic rings. The first-order valence-corrected chi connectivity index (χ1v) is 6.45. The van der Waals surface area contributed by atoms with Gasteiger partial charge in [0.15, 0.2) is 11.6 Å². The first-order valence-electron chi connectivity index (χ1n) is 6.45. The van der Waals surface area contributed by atoms with Gasteiger partial charge in [0.1, 0.15) is 5.82 Å². The van der Waals surface area contributed by atoms with Crippen LogP contribution in [-0.2, 0) is 17.8 Å². The van der Waals surface area contributed by atoms with Crippen LogP contribution in [0.25, 0.3) is 0 Å². The third-order valence-corrected chi connectivity index (χ3v) is 2.96. The molecule has 0 unspecified atom stereocenters. The van der Waals surface area contributed by atoms with E-state index in [0.717, 1.165) is 17.7 Å². The van der Waals surface area contributed by atoms with Crippen LogP contribution in [0.4, 0.5) is 14.6 Å². The summed E-state index contributed by atoms with van der Waals surface area (Å²) < 4.78 is 25.8. The first kappa shape index (κ1) is 14.9. The maximum Gasteiger partial charge on any atom is 0.220 e. The maximum atomic E-state index is 13.0. The van der Waals surface area contributed by atoms with Crippen LogP contribution in [0, 0.1) is 11.6 Å². The van der Waals surface area contributed by atoms with Crippen LogP contribution < -0.4 is 11.1 Å². The predicted molar refractivity (Wildman–Crippen MR) is 75.2 cm³/mol. The van der Waals surface area contributed by atoms with Crippen molar-refractivity contribution in [2.45, 2.75) is 19.4 Å². The fourth-order valence-electron chi connectivity index (χ4n) is 1.78. The first-order chi connectivity index (χ1) is 10.0. The van der Waals surface area contributed by atoms with Gasteiger partial charge in [-0.3, -0.25) is 4.79 Å². The Morgan fingerprint density at radius 1 is 1.14 bits per heavy atom. The molecule has 0 atom stereocenters. The minimum Gasteiger partial charge on any atom is -0.384 e. The van der Waals surface area contributed by atoms with Crippen LogP contribution >= 0.6 is 0 Å². The topological polar surface area (TPSA) is 68.0 Å². The highest BCUT2D eigenvalue weighted by atomic mass is 19.2. The monoisotopic (exact) mass is 291 g/mol. The van der Waals surface area contributed by atoms with Gasteiger partial charge in [0.05, 0.1) is 0 Å². The van der Waals surface area contributed by atoms with Crippen LogP contribution in [0.3, 0.4) is 0 Å². The third-order valence-electron chi connectivity index (χ3n) is 2.96. The Bertz CT molecular complexity index is 629. The van der Waals surface area contributed by atoms with Crippen molar-refractivity contribution in [2.75, 3.05) is 5.73 Å². The van der Waals surface area contributed by atoms with Crippen LogP contribution in [0.1, 0.15) is 17.5 Å². The molecule has 0 radical (unpaired) electrons. The Morgan fingerprint density at radius 3 is 2.57 bits per heavy atom. The molecule has 21 heavy (non-hydrogen) atoms. The number of anilines is 1. The van der Waals surface area contributed by atoms with Crippen LogP contribution in [-0.4, -0.2) is 10.9 Å².